The number of nitrogens with one attached hydrogen (secondary N) is 2. The Kier molecular flexibility index (Phi) is 4.23. The van der Waals surface area contributed by atoms with Gasteiger partial charge in [-0.25, -0.2) is 0 Å². The molecule has 1 unspecified atom stereocenters. The molecule has 1 aliphatic heterocycles. The van der Waals surface area contributed by atoms with Gasteiger partial charge in [-0.05, 0) is 56.0 Å². The number of rotatable bonds is 3. The Morgan fingerprint density at radius 1 is 1.25 bits per heavy atom. The van der Waals surface area contributed by atoms with Crippen molar-refractivity contribution in [1.29, 1.82) is 0 Å². The van der Waals surface area contributed by atoms with Crippen LogP contribution < -0.4 is 10.6 Å². The SMILES string of the molecule is CC(=O)c1ccc(NC(=O)C2NCCCC2(C)C)cc1. The van der Waals surface area contributed by atoms with Crippen molar-refractivity contribution in [3.05, 3.63) is 29.8 Å². The number of benzene rings is 1. The lowest BCUT2D eigenvalue weighted by Crippen LogP contribution is -2.53. The molecule has 0 aromatic heterocycles. The zero-order valence-corrected chi connectivity index (χ0v) is 12.3. The fraction of sp³-hybridized carbons (Fsp3) is 0.500. The summed E-state index contributed by atoms with van der Waals surface area (Å²) >= 11 is 0. The molecule has 1 fully saturated rings. The van der Waals surface area contributed by atoms with Gasteiger partial charge in [-0.15, -0.1) is 0 Å². The summed E-state index contributed by atoms with van der Waals surface area (Å²) in [7, 11) is 0. The van der Waals surface area contributed by atoms with E-state index in [0.717, 1.165) is 25.1 Å². The molecule has 1 atom stereocenters. The van der Waals surface area contributed by atoms with Crippen LogP contribution in [0.4, 0.5) is 5.69 Å². The van der Waals surface area contributed by atoms with E-state index in [0.29, 0.717) is 5.56 Å². The van der Waals surface area contributed by atoms with E-state index in [2.05, 4.69) is 24.5 Å². The third kappa shape index (κ3) is 3.25. The van der Waals surface area contributed by atoms with E-state index in [4.69, 9.17) is 0 Å². The summed E-state index contributed by atoms with van der Waals surface area (Å²) in [4.78, 5) is 23.6. The van der Waals surface area contributed by atoms with Gasteiger partial charge in [0, 0.05) is 11.3 Å². The molecule has 20 heavy (non-hydrogen) atoms. The maximum absolute atomic E-state index is 12.4. The van der Waals surface area contributed by atoms with E-state index in [1.54, 1.807) is 24.3 Å². The maximum atomic E-state index is 12.4. The van der Waals surface area contributed by atoms with E-state index in [1.807, 2.05) is 0 Å². The summed E-state index contributed by atoms with van der Waals surface area (Å²) in [6.45, 7) is 6.64. The number of hydrogen-bond donors (Lipinski definition) is 2. The van der Waals surface area contributed by atoms with Crippen molar-refractivity contribution in [3.63, 3.8) is 0 Å². The maximum Gasteiger partial charge on any atom is 0.242 e. The smallest absolute Gasteiger partial charge is 0.242 e. The zero-order chi connectivity index (χ0) is 14.8. The highest BCUT2D eigenvalue weighted by Gasteiger charge is 2.36. The number of amides is 1. The van der Waals surface area contributed by atoms with Crippen LogP contribution in [-0.2, 0) is 4.79 Å². The van der Waals surface area contributed by atoms with Gasteiger partial charge in [0.2, 0.25) is 5.91 Å². The lowest BCUT2D eigenvalue weighted by atomic mass is 9.77. The van der Waals surface area contributed by atoms with E-state index >= 15 is 0 Å². The van der Waals surface area contributed by atoms with Crippen molar-refractivity contribution in [2.75, 3.05) is 11.9 Å². The summed E-state index contributed by atoms with van der Waals surface area (Å²) in [5.74, 6) is 0.0169. The monoisotopic (exact) mass is 274 g/mol. The number of hydrogen-bond acceptors (Lipinski definition) is 3. The first kappa shape index (κ1) is 14.7. The van der Waals surface area contributed by atoms with Gasteiger partial charge in [-0.2, -0.15) is 0 Å². The average Bonchev–Trinajstić information content (AvgIpc) is 2.38. The molecule has 4 nitrogen and oxygen atoms in total. The minimum absolute atomic E-state index is 0.00900. The summed E-state index contributed by atoms with van der Waals surface area (Å²) < 4.78 is 0. The van der Waals surface area contributed by atoms with Gasteiger partial charge in [-0.1, -0.05) is 13.8 Å². The molecule has 0 radical (unpaired) electrons. The molecular weight excluding hydrogens is 252 g/mol. The molecule has 1 aromatic carbocycles. The largest absolute Gasteiger partial charge is 0.325 e. The molecule has 4 heteroatoms. The molecule has 1 aliphatic rings. The highest BCUT2D eigenvalue weighted by atomic mass is 16.2. The van der Waals surface area contributed by atoms with Crippen molar-refractivity contribution < 1.29 is 9.59 Å². The van der Waals surface area contributed by atoms with Crippen LogP contribution in [0, 0.1) is 5.41 Å². The van der Waals surface area contributed by atoms with E-state index < -0.39 is 0 Å². The van der Waals surface area contributed by atoms with E-state index in [9.17, 15) is 9.59 Å². The third-order valence-corrected chi connectivity index (χ3v) is 3.95. The van der Waals surface area contributed by atoms with Crippen LogP contribution in [0.5, 0.6) is 0 Å². The number of carbonyl (C=O) groups excluding carboxylic acids is 2. The lowest BCUT2D eigenvalue weighted by Gasteiger charge is -2.38. The molecule has 0 spiro atoms. The average molecular weight is 274 g/mol. The fourth-order valence-corrected chi connectivity index (χ4v) is 2.66. The van der Waals surface area contributed by atoms with Gasteiger partial charge in [-0.3, -0.25) is 9.59 Å². The number of carbonyl (C=O) groups is 2. The molecule has 2 N–H and O–H groups in total. The molecule has 1 aromatic rings. The number of ketones is 1. The van der Waals surface area contributed by atoms with Crippen molar-refractivity contribution >= 4 is 17.4 Å². The summed E-state index contributed by atoms with van der Waals surface area (Å²) in [5, 5.41) is 6.21. The second-order valence-corrected chi connectivity index (χ2v) is 6.10. The Balaban J connectivity index is 2.05. The number of Topliss-reactive ketones (excluding diaryl/α,β-unsaturated/α-hetero) is 1. The highest BCUT2D eigenvalue weighted by molar-refractivity contribution is 5.97. The topological polar surface area (TPSA) is 58.2 Å². The van der Waals surface area contributed by atoms with Crippen LogP contribution in [-0.4, -0.2) is 24.3 Å². The first-order valence-electron chi connectivity index (χ1n) is 7.05. The Morgan fingerprint density at radius 2 is 1.90 bits per heavy atom. The number of piperidine rings is 1. The van der Waals surface area contributed by atoms with Gasteiger partial charge in [0.1, 0.15) is 0 Å². The molecule has 0 aliphatic carbocycles. The van der Waals surface area contributed by atoms with Crippen LogP contribution in [0.25, 0.3) is 0 Å². The van der Waals surface area contributed by atoms with Crippen LogP contribution in [0.1, 0.15) is 44.0 Å². The summed E-state index contributed by atoms with van der Waals surface area (Å²) in [5.41, 5.74) is 1.34. The van der Waals surface area contributed by atoms with Crippen molar-refractivity contribution in [2.24, 2.45) is 5.41 Å². The van der Waals surface area contributed by atoms with Crippen LogP contribution in [0.3, 0.4) is 0 Å². The fourth-order valence-electron chi connectivity index (χ4n) is 2.66. The van der Waals surface area contributed by atoms with Gasteiger partial charge < -0.3 is 10.6 Å². The number of anilines is 1. The first-order chi connectivity index (χ1) is 9.40. The van der Waals surface area contributed by atoms with Crippen LogP contribution >= 0.6 is 0 Å². The molecular formula is C16H22N2O2. The third-order valence-electron chi connectivity index (χ3n) is 3.95. The second-order valence-electron chi connectivity index (χ2n) is 6.10. The Hall–Kier alpha value is -1.68. The first-order valence-corrected chi connectivity index (χ1v) is 7.05. The zero-order valence-electron chi connectivity index (χ0n) is 12.3. The minimum Gasteiger partial charge on any atom is -0.325 e. The Morgan fingerprint density at radius 3 is 2.45 bits per heavy atom. The van der Waals surface area contributed by atoms with Crippen molar-refractivity contribution in [2.45, 2.75) is 39.7 Å². The normalized spacial score (nSPS) is 21.2. The van der Waals surface area contributed by atoms with Gasteiger partial charge in [0.15, 0.2) is 5.78 Å². The summed E-state index contributed by atoms with van der Waals surface area (Å²) in [6.07, 6.45) is 2.14. The standard InChI is InChI=1S/C16H22N2O2/c1-11(19)12-5-7-13(8-6-12)18-15(20)14-16(2,3)9-4-10-17-14/h5-8,14,17H,4,9-10H2,1-3H3,(H,18,20). The Labute approximate surface area is 119 Å². The van der Waals surface area contributed by atoms with Crippen molar-refractivity contribution in [1.82, 2.24) is 5.32 Å². The molecule has 1 heterocycles. The summed E-state index contributed by atoms with van der Waals surface area (Å²) in [6, 6.07) is 6.83. The van der Waals surface area contributed by atoms with Crippen molar-refractivity contribution in [3.8, 4) is 0 Å². The van der Waals surface area contributed by atoms with Crippen LogP contribution in [0.15, 0.2) is 24.3 Å². The quantitative estimate of drug-likeness (QED) is 0.833. The van der Waals surface area contributed by atoms with E-state index in [1.165, 1.54) is 6.92 Å². The minimum atomic E-state index is -0.177. The van der Waals surface area contributed by atoms with Gasteiger partial charge in [0.05, 0.1) is 6.04 Å². The van der Waals surface area contributed by atoms with Gasteiger partial charge in [0.25, 0.3) is 0 Å². The molecule has 1 saturated heterocycles. The Bertz CT molecular complexity index is 506. The molecule has 0 saturated carbocycles. The lowest BCUT2D eigenvalue weighted by molar-refractivity contribution is -0.121. The van der Waals surface area contributed by atoms with Crippen LogP contribution in [0.2, 0.25) is 0 Å². The predicted octanol–water partition coefficient (Wildman–Crippen LogP) is 2.61. The predicted molar refractivity (Wildman–Crippen MR) is 79.9 cm³/mol. The van der Waals surface area contributed by atoms with Gasteiger partial charge >= 0.3 is 0 Å². The van der Waals surface area contributed by atoms with E-state index in [-0.39, 0.29) is 23.1 Å². The molecule has 0 bridgehead atoms. The molecule has 108 valence electrons. The molecule has 2 rings (SSSR count). The highest BCUT2D eigenvalue weighted by Crippen LogP contribution is 2.30. The second kappa shape index (κ2) is 5.75. The molecule has 1 amide bonds.